The Kier molecular flexibility index (Phi) is 1.58. The summed E-state index contributed by atoms with van der Waals surface area (Å²) in [6.07, 6.45) is 0. The van der Waals surface area contributed by atoms with Crippen molar-refractivity contribution < 1.29 is 4.79 Å². The van der Waals surface area contributed by atoms with Crippen LogP contribution in [0.5, 0.6) is 0 Å². The molecule has 1 N–H and O–H groups in total. The van der Waals surface area contributed by atoms with E-state index in [1.54, 1.807) is 0 Å². The fraction of sp³-hybridized carbons (Fsp3) is 0.235. The lowest BCUT2D eigenvalue weighted by molar-refractivity contribution is -0.137. The van der Waals surface area contributed by atoms with E-state index in [-0.39, 0.29) is 17.7 Å². The molecule has 1 saturated heterocycles. The molecule has 0 aromatic heterocycles. The Morgan fingerprint density at radius 3 is 1.68 bits per heavy atom. The second-order valence-electron chi connectivity index (χ2n) is 5.77. The number of carbonyl (C=O) groups excluding carboxylic acids is 1. The number of rotatable bonds is 0. The maximum absolute atomic E-state index is 12.0. The van der Waals surface area contributed by atoms with Gasteiger partial charge in [0, 0.05) is 11.8 Å². The van der Waals surface area contributed by atoms with E-state index in [9.17, 15) is 4.79 Å². The van der Waals surface area contributed by atoms with E-state index in [2.05, 4.69) is 53.8 Å². The topological polar surface area (TPSA) is 29.1 Å². The zero-order valence-corrected chi connectivity index (χ0v) is 10.3. The van der Waals surface area contributed by atoms with Crippen LogP contribution in [0.4, 0.5) is 0 Å². The van der Waals surface area contributed by atoms with Crippen molar-refractivity contribution in [3.8, 4) is 0 Å². The summed E-state index contributed by atoms with van der Waals surface area (Å²) in [5.74, 6) is 0.982. The molecule has 2 bridgehead atoms. The van der Waals surface area contributed by atoms with Crippen molar-refractivity contribution in [1.82, 2.24) is 5.32 Å². The van der Waals surface area contributed by atoms with Crippen molar-refractivity contribution in [2.75, 3.05) is 0 Å². The molecule has 1 aliphatic heterocycles. The van der Waals surface area contributed by atoms with Gasteiger partial charge in [-0.1, -0.05) is 48.5 Å². The first kappa shape index (κ1) is 9.79. The predicted octanol–water partition coefficient (Wildman–Crippen LogP) is 2.39. The molecule has 4 aliphatic rings. The zero-order valence-electron chi connectivity index (χ0n) is 10.3. The van der Waals surface area contributed by atoms with Gasteiger partial charge in [0.2, 0.25) is 5.91 Å². The second kappa shape index (κ2) is 3.08. The Hall–Kier alpha value is -2.09. The summed E-state index contributed by atoms with van der Waals surface area (Å²) in [6.45, 7) is 0. The predicted molar refractivity (Wildman–Crippen MR) is 72.0 cm³/mol. The molecule has 6 rings (SSSR count). The van der Waals surface area contributed by atoms with Crippen molar-refractivity contribution in [1.29, 1.82) is 0 Å². The number of carbonyl (C=O) groups is 1. The largest absolute Gasteiger partial charge is 0.351 e. The SMILES string of the molecule is O=C1NC2C3c4ccccc4C(c4ccccc43)C12. The summed E-state index contributed by atoms with van der Waals surface area (Å²) < 4.78 is 0. The molecule has 1 fully saturated rings. The first-order chi connectivity index (χ1) is 9.36. The maximum Gasteiger partial charge on any atom is 0.226 e. The van der Waals surface area contributed by atoms with Crippen LogP contribution in [0, 0.1) is 5.92 Å². The van der Waals surface area contributed by atoms with Crippen LogP contribution in [0.3, 0.4) is 0 Å². The van der Waals surface area contributed by atoms with Crippen LogP contribution in [-0.2, 0) is 4.79 Å². The van der Waals surface area contributed by atoms with Crippen LogP contribution in [0.1, 0.15) is 34.1 Å². The van der Waals surface area contributed by atoms with Crippen LogP contribution < -0.4 is 5.32 Å². The number of hydrogen-bond acceptors (Lipinski definition) is 1. The van der Waals surface area contributed by atoms with E-state index in [4.69, 9.17) is 0 Å². The Morgan fingerprint density at radius 2 is 1.21 bits per heavy atom. The van der Waals surface area contributed by atoms with Crippen LogP contribution in [0.25, 0.3) is 0 Å². The van der Waals surface area contributed by atoms with E-state index in [0.29, 0.717) is 12.0 Å². The van der Waals surface area contributed by atoms with Crippen LogP contribution in [-0.4, -0.2) is 11.9 Å². The van der Waals surface area contributed by atoms with Gasteiger partial charge in [-0.05, 0) is 22.3 Å². The molecular formula is C17H13NO. The van der Waals surface area contributed by atoms with Gasteiger partial charge in [0.25, 0.3) is 0 Å². The Balaban J connectivity index is 1.86. The van der Waals surface area contributed by atoms with Crippen molar-refractivity contribution in [3.63, 3.8) is 0 Å². The third kappa shape index (κ3) is 0.985. The van der Waals surface area contributed by atoms with Gasteiger partial charge in [-0.25, -0.2) is 0 Å². The monoisotopic (exact) mass is 247 g/mol. The highest BCUT2D eigenvalue weighted by molar-refractivity contribution is 5.90. The zero-order chi connectivity index (χ0) is 12.6. The van der Waals surface area contributed by atoms with Crippen molar-refractivity contribution in [3.05, 3.63) is 70.8 Å². The molecule has 3 aliphatic carbocycles. The Morgan fingerprint density at radius 1 is 0.737 bits per heavy atom. The highest BCUT2D eigenvalue weighted by Crippen LogP contribution is 2.57. The van der Waals surface area contributed by atoms with Gasteiger partial charge in [0.15, 0.2) is 0 Å². The summed E-state index contributed by atoms with van der Waals surface area (Å²) in [7, 11) is 0. The van der Waals surface area contributed by atoms with Gasteiger partial charge in [-0.15, -0.1) is 0 Å². The lowest BCUT2D eigenvalue weighted by atomic mass is 9.54. The molecule has 0 saturated carbocycles. The summed E-state index contributed by atoms with van der Waals surface area (Å²) in [4.78, 5) is 12.0. The first-order valence-electron chi connectivity index (χ1n) is 6.84. The van der Waals surface area contributed by atoms with Crippen molar-refractivity contribution in [2.24, 2.45) is 5.92 Å². The molecule has 92 valence electrons. The fourth-order valence-corrected chi connectivity index (χ4v) is 4.33. The van der Waals surface area contributed by atoms with Gasteiger partial charge in [0.05, 0.1) is 12.0 Å². The minimum atomic E-state index is 0.148. The normalized spacial score (nSPS) is 32.7. The van der Waals surface area contributed by atoms with Crippen LogP contribution in [0.2, 0.25) is 0 Å². The number of benzene rings is 2. The second-order valence-corrected chi connectivity index (χ2v) is 5.77. The van der Waals surface area contributed by atoms with Crippen LogP contribution in [0.15, 0.2) is 48.5 Å². The number of nitrogens with one attached hydrogen (secondary N) is 1. The van der Waals surface area contributed by atoms with Crippen molar-refractivity contribution >= 4 is 5.91 Å². The third-order valence-electron chi connectivity index (χ3n) is 5.05. The van der Waals surface area contributed by atoms with Gasteiger partial charge in [-0.2, -0.15) is 0 Å². The smallest absolute Gasteiger partial charge is 0.226 e. The summed E-state index contributed by atoms with van der Waals surface area (Å²) in [5.41, 5.74) is 5.55. The van der Waals surface area contributed by atoms with E-state index in [0.717, 1.165) is 0 Å². The van der Waals surface area contributed by atoms with E-state index >= 15 is 0 Å². The van der Waals surface area contributed by atoms with Gasteiger partial charge in [-0.3, -0.25) is 4.79 Å². The molecule has 0 spiro atoms. The average molecular weight is 247 g/mol. The highest BCUT2D eigenvalue weighted by Gasteiger charge is 2.58. The molecular weight excluding hydrogens is 234 g/mol. The third-order valence-corrected chi connectivity index (χ3v) is 5.05. The first-order valence-corrected chi connectivity index (χ1v) is 6.84. The molecule has 2 heteroatoms. The Labute approximate surface area is 111 Å². The van der Waals surface area contributed by atoms with E-state index in [1.165, 1.54) is 22.3 Å². The molecule has 1 amide bonds. The average Bonchev–Trinajstić information content (AvgIpc) is 2.46. The summed E-state index contributed by atoms with van der Waals surface area (Å²) in [5, 5.41) is 3.12. The molecule has 2 aromatic carbocycles. The van der Waals surface area contributed by atoms with Crippen molar-refractivity contribution in [2.45, 2.75) is 17.9 Å². The lowest BCUT2D eigenvalue weighted by Crippen LogP contribution is -2.66. The molecule has 2 aromatic rings. The maximum atomic E-state index is 12.0. The molecule has 1 heterocycles. The molecule has 2 atom stereocenters. The van der Waals surface area contributed by atoms with Gasteiger partial charge >= 0.3 is 0 Å². The van der Waals surface area contributed by atoms with Gasteiger partial charge in [0.1, 0.15) is 0 Å². The minimum Gasteiger partial charge on any atom is -0.351 e. The summed E-state index contributed by atoms with van der Waals surface area (Å²) >= 11 is 0. The van der Waals surface area contributed by atoms with Gasteiger partial charge < -0.3 is 5.32 Å². The number of β-lactam (4-membered cyclic amide) rings is 1. The molecule has 2 nitrogen and oxygen atoms in total. The quantitative estimate of drug-likeness (QED) is 0.712. The number of amides is 1. The fourth-order valence-electron chi connectivity index (χ4n) is 4.33. The Bertz CT molecular complexity index is 673. The highest BCUT2D eigenvalue weighted by atomic mass is 16.2. The van der Waals surface area contributed by atoms with Crippen LogP contribution >= 0.6 is 0 Å². The minimum absolute atomic E-state index is 0.148. The lowest BCUT2D eigenvalue weighted by Gasteiger charge is -2.55. The van der Waals surface area contributed by atoms with E-state index < -0.39 is 0 Å². The molecule has 2 unspecified atom stereocenters. The number of hydrogen-bond donors (Lipinski definition) is 1. The molecule has 0 radical (unpaired) electrons. The standard InChI is InChI=1S/C17H13NO/c19-17-15-13-9-5-1-3-7-11(9)14(16(15)18-17)12-8-4-2-6-10(12)13/h1-8,13-16H,(H,18,19). The van der Waals surface area contributed by atoms with E-state index in [1.807, 2.05) is 0 Å². The molecule has 19 heavy (non-hydrogen) atoms. The summed E-state index contributed by atoms with van der Waals surface area (Å²) in [6, 6.07) is 17.6.